The summed E-state index contributed by atoms with van der Waals surface area (Å²) >= 11 is 0. The second-order valence-electron chi connectivity index (χ2n) is 10.2. The Morgan fingerprint density at radius 2 is 2.06 bits per heavy atom. The zero-order valence-corrected chi connectivity index (χ0v) is 19.4. The third kappa shape index (κ3) is 5.35. The molecule has 4 rings (SSSR count). The third-order valence-corrected chi connectivity index (χ3v) is 6.28. The van der Waals surface area contributed by atoms with Crippen LogP contribution in [0.25, 0.3) is 0 Å². The molecule has 2 amide bonds. The van der Waals surface area contributed by atoms with Crippen molar-refractivity contribution in [2.75, 3.05) is 13.1 Å². The van der Waals surface area contributed by atoms with Crippen LogP contribution < -0.4 is 10.9 Å². The van der Waals surface area contributed by atoms with E-state index in [-0.39, 0.29) is 30.3 Å². The van der Waals surface area contributed by atoms with Gasteiger partial charge in [0, 0.05) is 43.4 Å². The van der Waals surface area contributed by atoms with Crippen LogP contribution in [0.15, 0.2) is 17.1 Å². The number of aromatic amines is 2. The van der Waals surface area contributed by atoms with Crippen molar-refractivity contribution in [3.63, 3.8) is 0 Å². The average Bonchev–Trinajstić information content (AvgIpc) is 3.13. The van der Waals surface area contributed by atoms with E-state index in [1.807, 2.05) is 27.0 Å². The molecule has 0 bridgehead atoms. The number of carbonyl (C=O) groups excluding carboxylic acids is 2. The van der Waals surface area contributed by atoms with Crippen molar-refractivity contribution in [2.24, 2.45) is 5.41 Å². The lowest BCUT2D eigenvalue weighted by molar-refractivity contribution is -0.144. The van der Waals surface area contributed by atoms with Gasteiger partial charge in [0.25, 0.3) is 5.56 Å². The number of rotatable bonds is 8. The van der Waals surface area contributed by atoms with Gasteiger partial charge in [-0.25, -0.2) is 4.68 Å². The molecule has 4 N–H and O–H groups in total. The van der Waals surface area contributed by atoms with Crippen molar-refractivity contribution in [2.45, 2.75) is 77.0 Å². The summed E-state index contributed by atoms with van der Waals surface area (Å²) in [6, 6.07) is 0.111. The third-order valence-electron chi connectivity index (χ3n) is 6.28. The molecule has 180 valence electrons. The summed E-state index contributed by atoms with van der Waals surface area (Å²) in [5.41, 5.74) is 1.02. The molecule has 0 aromatic carbocycles. The molecular weight excluding hydrogens is 426 g/mol. The van der Waals surface area contributed by atoms with Crippen LogP contribution >= 0.6 is 0 Å². The first-order valence-electron chi connectivity index (χ1n) is 11.6. The highest BCUT2D eigenvalue weighted by Gasteiger charge is 2.45. The lowest BCUT2D eigenvalue weighted by Crippen LogP contribution is -2.50. The molecule has 2 aromatic rings. The Hall–Kier alpha value is -2.95. The highest BCUT2D eigenvalue weighted by Crippen LogP contribution is 2.40. The minimum Gasteiger partial charge on any atom is -0.391 e. The Labute approximate surface area is 191 Å². The second-order valence-corrected chi connectivity index (χ2v) is 10.2. The van der Waals surface area contributed by atoms with Crippen LogP contribution in [-0.4, -0.2) is 72.2 Å². The first-order valence-corrected chi connectivity index (χ1v) is 11.6. The summed E-state index contributed by atoms with van der Waals surface area (Å²) in [4.78, 5) is 39.2. The number of nitrogens with one attached hydrogen (secondary N) is 3. The number of aryl methyl sites for hydroxylation is 1. The number of hydrogen-bond donors (Lipinski definition) is 4. The number of H-pyrrole nitrogens is 2. The maximum Gasteiger partial charge on any atom is 0.264 e. The summed E-state index contributed by atoms with van der Waals surface area (Å²) in [7, 11) is 0. The zero-order valence-electron chi connectivity index (χ0n) is 19.4. The van der Waals surface area contributed by atoms with Gasteiger partial charge in [-0.2, -0.15) is 0 Å². The molecule has 2 fully saturated rings. The van der Waals surface area contributed by atoms with Crippen LogP contribution in [0.3, 0.4) is 0 Å². The molecule has 0 radical (unpaired) electrons. The van der Waals surface area contributed by atoms with Crippen LogP contribution in [0.1, 0.15) is 69.8 Å². The highest BCUT2D eigenvalue weighted by molar-refractivity contribution is 5.90. The van der Waals surface area contributed by atoms with Gasteiger partial charge in [-0.1, -0.05) is 26.0 Å². The lowest BCUT2D eigenvalue weighted by atomic mass is 9.85. The fourth-order valence-electron chi connectivity index (χ4n) is 4.44. The first kappa shape index (κ1) is 23.2. The number of carbonyl (C=O) groups is 2. The average molecular weight is 460 g/mol. The van der Waals surface area contributed by atoms with Gasteiger partial charge in [-0.05, 0) is 31.1 Å². The molecule has 0 spiro atoms. The number of likely N-dealkylation sites (tertiary alicyclic amines) is 1. The molecule has 11 nitrogen and oxygen atoms in total. The molecule has 1 aliphatic carbocycles. The van der Waals surface area contributed by atoms with E-state index in [0.29, 0.717) is 25.3 Å². The molecule has 2 unspecified atom stereocenters. The van der Waals surface area contributed by atoms with Crippen LogP contribution in [0.5, 0.6) is 0 Å². The van der Waals surface area contributed by atoms with Crippen molar-refractivity contribution in [3.05, 3.63) is 34.0 Å². The van der Waals surface area contributed by atoms with Crippen molar-refractivity contribution in [1.82, 2.24) is 35.4 Å². The summed E-state index contributed by atoms with van der Waals surface area (Å²) in [6.07, 6.45) is 4.71. The smallest absolute Gasteiger partial charge is 0.264 e. The Morgan fingerprint density at radius 3 is 2.70 bits per heavy atom. The topological polar surface area (TPSA) is 149 Å². The summed E-state index contributed by atoms with van der Waals surface area (Å²) < 4.78 is 1.62. The molecule has 2 aromatic heterocycles. The van der Waals surface area contributed by atoms with E-state index in [9.17, 15) is 19.5 Å². The highest BCUT2D eigenvalue weighted by atomic mass is 16.3. The Morgan fingerprint density at radius 1 is 1.30 bits per heavy atom. The largest absolute Gasteiger partial charge is 0.391 e. The van der Waals surface area contributed by atoms with Gasteiger partial charge in [-0.3, -0.25) is 19.5 Å². The minimum atomic E-state index is -0.756. The normalized spacial score (nSPS) is 21.9. The molecule has 1 saturated heterocycles. The van der Waals surface area contributed by atoms with Gasteiger partial charge in [0.15, 0.2) is 0 Å². The van der Waals surface area contributed by atoms with Gasteiger partial charge in [0.1, 0.15) is 12.1 Å². The fraction of sp³-hybridized carbons (Fsp3) is 0.682. The van der Waals surface area contributed by atoms with E-state index >= 15 is 0 Å². The van der Waals surface area contributed by atoms with Crippen LogP contribution in [0, 0.1) is 5.41 Å². The van der Waals surface area contributed by atoms with Crippen LogP contribution in [0.4, 0.5) is 0 Å². The summed E-state index contributed by atoms with van der Waals surface area (Å²) in [6.45, 7) is 6.39. The van der Waals surface area contributed by atoms with Crippen molar-refractivity contribution >= 4 is 11.8 Å². The molecule has 11 heteroatoms. The maximum absolute atomic E-state index is 13.7. The Kier molecular flexibility index (Phi) is 6.42. The van der Waals surface area contributed by atoms with Crippen LogP contribution in [0.2, 0.25) is 0 Å². The van der Waals surface area contributed by atoms with Crippen molar-refractivity contribution in [1.29, 1.82) is 0 Å². The van der Waals surface area contributed by atoms with Crippen molar-refractivity contribution in [3.8, 4) is 0 Å². The van der Waals surface area contributed by atoms with E-state index < -0.39 is 23.6 Å². The Balaban J connectivity index is 1.42. The number of nitrogens with zero attached hydrogens (tertiary/aromatic N) is 4. The van der Waals surface area contributed by atoms with Crippen LogP contribution in [-0.2, 0) is 16.0 Å². The molecule has 1 aliphatic heterocycles. The zero-order chi connectivity index (χ0) is 23.8. The molecule has 2 aliphatic rings. The molecule has 3 heterocycles. The van der Waals surface area contributed by atoms with Gasteiger partial charge in [0.2, 0.25) is 11.8 Å². The van der Waals surface area contributed by atoms with Gasteiger partial charge in [-0.15, -0.1) is 5.10 Å². The molecule has 3 atom stereocenters. The Bertz CT molecular complexity index is 1050. The number of aliphatic hydroxyl groups is 1. The van der Waals surface area contributed by atoms with E-state index in [4.69, 9.17) is 0 Å². The SMILES string of the molecule is CC(C)(C)[C@@H](C(=O)N1CC(O)CC1C(=O)NCCCc1cc(=O)[nH][nH]1)n1cc(C2CC2)nn1. The first-order chi connectivity index (χ1) is 15.6. The second kappa shape index (κ2) is 9.12. The van der Waals surface area contributed by atoms with Gasteiger partial charge < -0.3 is 20.4 Å². The number of hydrogen-bond acceptors (Lipinski definition) is 6. The van der Waals surface area contributed by atoms with Gasteiger partial charge in [0.05, 0.1) is 11.8 Å². The predicted octanol–water partition coefficient (Wildman–Crippen LogP) is 0.470. The quantitative estimate of drug-likeness (QED) is 0.422. The fourth-order valence-corrected chi connectivity index (χ4v) is 4.44. The van der Waals surface area contributed by atoms with Gasteiger partial charge >= 0.3 is 0 Å². The lowest BCUT2D eigenvalue weighted by Gasteiger charge is -2.34. The van der Waals surface area contributed by atoms with E-state index in [1.54, 1.807) is 4.68 Å². The van der Waals surface area contributed by atoms with E-state index in [0.717, 1.165) is 24.2 Å². The standard InChI is InChI=1S/C22H33N7O4/c1-22(2,3)19(29-12-16(25-27-29)13-6-7-13)21(33)28-11-15(30)10-17(28)20(32)23-8-4-5-14-9-18(31)26-24-14/h9,12-13,15,17,19,30H,4-8,10-11H2,1-3H3,(H,23,32)(H2,24,26,31)/t15?,17?,19-/m1/s1. The number of aromatic nitrogens is 5. The number of β-amino-alcohol motifs (C(OH)–C–C–N with tert-alkyl or cyclic N) is 1. The van der Waals surface area contributed by atoms with E-state index in [2.05, 4.69) is 25.8 Å². The maximum atomic E-state index is 13.7. The predicted molar refractivity (Wildman–Crippen MR) is 119 cm³/mol. The summed E-state index contributed by atoms with van der Waals surface area (Å²) in [5.74, 6) is -0.102. The monoisotopic (exact) mass is 459 g/mol. The summed E-state index contributed by atoms with van der Waals surface area (Å²) in [5, 5.41) is 26.9. The molecule has 33 heavy (non-hydrogen) atoms. The molecular formula is C22H33N7O4. The molecule has 1 saturated carbocycles. The number of aliphatic hydroxyl groups excluding tert-OH is 1. The minimum absolute atomic E-state index is 0.109. The van der Waals surface area contributed by atoms with Crippen molar-refractivity contribution < 1.29 is 14.7 Å². The van der Waals surface area contributed by atoms with E-state index in [1.165, 1.54) is 11.0 Å². The number of amides is 2.